The molecule has 0 saturated heterocycles. The van der Waals surface area contributed by atoms with E-state index in [9.17, 15) is 0 Å². The minimum Gasteiger partial charge on any atom is -0.496 e. The largest absolute Gasteiger partial charge is 0.496 e. The lowest BCUT2D eigenvalue weighted by atomic mass is 9.97. The summed E-state index contributed by atoms with van der Waals surface area (Å²) in [7, 11) is 1.73. The van der Waals surface area contributed by atoms with Crippen LogP contribution in [0.1, 0.15) is 0 Å². The van der Waals surface area contributed by atoms with Crippen molar-refractivity contribution >= 4 is 76.1 Å². The highest BCUT2D eigenvalue weighted by molar-refractivity contribution is 6.15. The Morgan fingerprint density at radius 3 is 1.29 bits per heavy atom. The van der Waals surface area contributed by atoms with Crippen molar-refractivity contribution in [2.24, 2.45) is 0 Å². The average molecular weight is 971 g/mol. The number of rotatable bonds is 8. The molecule has 0 saturated carbocycles. The molecule has 356 valence electrons. The summed E-state index contributed by atoms with van der Waals surface area (Å²) < 4.78 is 10.6. The number of hydrogen-bond donors (Lipinski definition) is 0. The first-order chi connectivity index (χ1) is 37.6. The second kappa shape index (κ2) is 17.5. The third kappa shape index (κ3) is 7.01. The van der Waals surface area contributed by atoms with Gasteiger partial charge in [-0.2, -0.15) is 0 Å². The first-order valence-electron chi connectivity index (χ1n) is 25.8. The highest BCUT2D eigenvalue weighted by Crippen LogP contribution is 2.43. The number of methoxy groups -OCH3 is 1. The minimum absolute atomic E-state index is 0.671. The van der Waals surface area contributed by atoms with Crippen molar-refractivity contribution in [1.29, 1.82) is 0 Å². The summed E-state index contributed by atoms with van der Waals surface area (Å²) in [4.78, 5) is 10.8. The summed E-state index contributed by atoms with van der Waals surface area (Å²) in [6.07, 6.45) is 0. The molecule has 76 heavy (non-hydrogen) atoms. The number of ether oxygens (including phenoxy) is 1. The Morgan fingerprint density at radius 2 is 0.750 bits per heavy atom. The smallest absolute Gasteiger partial charge is 0.160 e. The third-order valence-corrected chi connectivity index (χ3v) is 15.4. The van der Waals surface area contributed by atoms with E-state index >= 15 is 0 Å². The van der Waals surface area contributed by atoms with Gasteiger partial charge >= 0.3 is 0 Å². The maximum absolute atomic E-state index is 5.82. The van der Waals surface area contributed by atoms with E-state index in [1.54, 1.807) is 7.11 Å². The van der Waals surface area contributed by atoms with Crippen LogP contribution in [0.2, 0.25) is 0 Å². The van der Waals surface area contributed by atoms with Gasteiger partial charge in [0.2, 0.25) is 0 Å². The molecular weight excluding hydrogens is 925 g/mol. The number of nitrogens with zero attached hydrogens (tertiary/aromatic N) is 4. The van der Waals surface area contributed by atoms with Crippen molar-refractivity contribution in [2.45, 2.75) is 0 Å². The van der Waals surface area contributed by atoms with Gasteiger partial charge in [-0.15, -0.1) is 0 Å². The van der Waals surface area contributed by atoms with Crippen LogP contribution < -0.4 is 4.74 Å². The van der Waals surface area contributed by atoms with Gasteiger partial charge in [0.15, 0.2) is 5.82 Å². The second-order valence-electron chi connectivity index (χ2n) is 19.7. The third-order valence-electron chi connectivity index (χ3n) is 15.4. The minimum atomic E-state index is 0.671. The lowest BCUT2D eigenvalue weighted by Crippen LogP contribution is -1.98. The fourth-order valence-corrected chi connectivity index (χ4v) is 11.8. The lowest BCUT2D eigenvalue weighted by Gasteiger charge is -2.15. The molecule has 0 aliphatic heterocycles. The monoisotopic (exact) mass is 970 g/mol. The van der Waals surface area contributed by atoms with Gasteiger partial charge in [0.1, 0.15) is 5.75 Å². The Labute approximate surface area is 438 Å². The molecule has 3 aromatic heterocycles. The summed E-state index contributed by atoms with van der Waals surface area (Å²) >= 11 is 0. The molecule has 3 heterocycles. The van der Waals surface area contributed by atoms with E-state index in [0.29, 0.717) is 5.82 Å². The summed E-state index contributed by atoms with van der Waals surface area (Å²) in [5.41, 5.74) is 17.7. The van der Waals surface area contributed by atoms with E-state index in [1.165, 1.54) is 60.4 Å². The quantitative estimate of drug-likeness (QED) is 0.143. The van der Waals surface area contributed by atoms with Gasteiger partial charge in [0.25, 0.3) is 0 Å². The molecule has 5 nitrogen and oxygen atoms in total. The summed E-state index contributed by atoms with van der Waals surface area (Å²) in [5, 5.41) is 10.2. The van der Waals surface area contributed by atoms with Crippen LogP contribution in [0.15, 0.2) is 261 Å². The lowest BCUT2D eigenvalue weighted by molar-refractivity contribution is 0.420. The predicted molar refractivity (Wildman–Crippen MR) is 317 cm³/mol. The predicted octanol–water partition coefficient (Wildman–Crippen LogP) is 18.5. The standard InChI is InChI=1S/C71H46N4O/c1-76-68-40-35-58(56-23-13-14-24-57(56)68)70-59-34-27-47-19-11-12-22-55(47)69(59)72-71(73-70)48-25-32-54(33-26-48)75-66-37-29-50(46-17-7-3-8-18-46)42-61(66)63-44-52(31-39-67(63)75)51-30-38-65-62(43-51)60-41-49(45-15-5-2-6-16-45)28-36-64(60)74(65)53-20-9-4-10-21-53/h2-44H,1H3. The Hall–Kier alpha value is -10.1. The summed E-state index contributed by atoms with van der Waals surface area (Å²) in [6, 6.07) is 94.0. The molecule has 15 aromatic rings. The topological polar surface area (TPSA) is 44.9 Å². The van der Waals surface area contributed by atoms with Crippen molar-refractivity contribution < 1.29 is 4.74 Å². The molecule has 0 aliphatic carbocycles. The van der Waals surface area contributed by atoms with Crippen molar-refractivity contribution in [1.82, 2.24) is 19.1 Å². The molecule has 0 unspecified atom stereocenters. The normalized spacial score (nSPS) is 11.8. The van der Waals surface area contributed by atoms with Crippen LogP contribution in [-0.2, 0) is 0 Å². The second-order valence-corrected chi connectivity index (χ2v) is 19.7. The number of benzene rings is 12. The van der Waals surface area contributed by atoms with E-state index < -0.39 is 0 Å². The molecule has 0 radical (unpaired) electrons. The Morgan fingerprint density at radius 1 is 0.303 bits per heavy atom. The van der Waals surface area contributed by atoms with Crippen LogP contribution >= 0.6 is 0 Å². The zero-order valence-corrected chi connectivity index (χ0v) is 41.5. The number of para-hydroxylation sites is 1. The van der Waals surface area contributed by atoms with E-state index in [1.807, 2.05) is 6.07 Å². The Bertz CT molecular complexity index is 4770. The SMILES string of the molecule is COc1ccc(-c2nc(-c3ccc(-n4c5ccc(-c6ccccc6)cc5c5cc(-c6ccc7c(c6)c6cc(-c8ccccc8)ccc6n7-c6ccccc6)ccc54)cc3)nc3c2ccc2ccccc23)c2ccccc12. The van der Waals surface area contributed by atoms with Gasteiger partial charge < -0.3 is 13.9 Å². The molecular formula is C71H46N4O. The fraction of sp³-hybridized carbons (Fsp3) is 0.0141. The van der Waals surface area contributed by atoms with Crippen molar-refractivity contribution in [2.75, 3.05) is 7.11 Å². The van der Waals surface area contributed by atoms with Gasteiger partial charge in [0, 0.05) is 60.2 Å². The number of aromatic nitrogens is 4. The van der Waals surface area contributed by atoms with E-state index in [4.69, 9.17) is 14.7 Å². The van der Waals surface area contributed by atoms with Crippen LogP contribution in [0.3, 0.4) is 0 Å². The molecule has 5 heteroatoms. The van der Waals surface area contributed by atoms with Gasteiger partial charge in [-0.25, -0.2) is 9.97 Å². The molecule has 0 atom stereocenters. The van der Waals surface area contributed by atoms with Gasteiger partial charge in [-0.1, -0.05) is 158 Å². The van der Waals surface area contributed by atoms with Crippen LogP contribution in [0.5, 0.6) is 5.75 Å². The highest BCUT2D eigenvalue weighted by Gasteiger charge is 2.20. The molecule has 0 amide bonds. The fourth-order valence-electron chi connectivity index (χ4n) is 11.8. The van der Waals surface area contributed by atoms with Crippen LogP contribution in [0.4, 0.5) is 0 Å². The molecule has 0 bridgehead atoms. The molecule has 12 aromatic carbocycles. The average Bonchev–Trinajstić information content (AvgIpc) is 4.01. The molecule has 15 rings (SSSR count). The van der Waals surface area contributed by atoms with E-state index in [-0.39, 0.29) is 0 Å². The molecule has 0 N–H and O–H groups in total. The van der Waals surface area contributed by atoms with Crippen molar-refractivity contribution in [3.63, 3.8) is 0 Å². The Balaban J connectivity index is 0.890. The molecule has 0 fully saturated rings. The van der Waals surface area contributed by atoms with Crippen molar-refractivity contribution in [3.05, 3.63) is 261 Å². The van der Waals surface area contributed by atoms with Gasteiger partial charge in [-0.3, -0.25) is 0 Å². The van der Waals surface area contributed by atoms with Crippen LogP contribution in [0.25, 0.3) is 143 Å². The number of fused-ring (bicyclic) bond motifs is 10. The van der Waals surface area contributed by atoms with Crippen LogP contribution in [0, 0.1) is 0 Å². The first kappa shape index (κ1) is 43.5. The zero-order chi connectivity index (χ0) is 50.3. The summed E-state index contributed by atoms with van der Waals surface area (Å²) in [6.45, 7) is 0. The molecule has 0 aliphatic rings. The highest BCUT2D eigenvalue weighted by atomic mass is 16.5. The zero-order valence-electron chi connectivity index (χ0n) is 41.5. The first-order valence-corrected chi connectivity index (χ1v) is 25.8. The summed E-state index contributed by atoms with van der Waals surface area (Å²) in [5.74, 6) is 1.50. The number of hydrogen-bond acceptors (Lipinski definition) is 3. The van der Waals surface area contributed by atoms with E-state index in [2.05, 4.69) is 264 Å². The van der Waals surface area contributed by atoms with Crippen molar-refractivity contribution in [3.8, 4) is 73.2 Å². The molecule has 0 spiro atoms. The maximum atomic E-state index is 5.82. The van der Waals surface area contributed by atoms with Gasteiger partial charge in [-0.05, 0) is 147 Å². The Kier molecular flexibility index (Phi) is 10.0. The van der Waals surface area contributed by atoms with E-state index in [0.717, 1.165) is 83.0 Å². The maximum Gasteiger partial charge on any atom is 0.160 e. The van der Waals surface area contributed by atoms with Gasteiger partial charge in [0.05, 0.1) is 40.4 Å². The van der Waals surface area contributed by atoms with Crippen LogP contribution in [-0.4, -0.2) is 26.2 Å².